The molecule has 0 aliphatic rings. The van der Waals surface area contributed by atoms with E-state index in [1.807, 2.05) is 7.05 Å². The van der Waals surface area contributed by atoms with Crippen LogP contribution in [-0.2, 0) is 4.74 Å². The predicted octanol–water partition coefficient (Wildman–Crippen LogP) is 4.88. The number of rotatable bonds is 10. The van der Waals surface area contributed by atoms with Crippen LogP contribution in [0.3, 0.4) is 0 Å². The van der Waals surface area contributed by atoms with Crippen molar-refractivity contribution in [1.29, 1.82) is 0 Å². The van der Waals surface area contributed by atoms with Gasteiger partial charge >= 0.3 is 0 Å². The first-order valence-corrected chi connectivity index (χ1v) is 8.47. The van der Waals surface area contributed by atoms with E-state index in [9.17, 15) is 0 Å². The molecule has 1 aromatic rings. The van der Waals surface area contributed by atoms with Gasteiger partial charge in [0, 0.05) is 6.61 Å². The topological polar surface area (TPSA) is 21.3 Å². The van der Waals surface area contributed by atoms with E-state index >= 15 is 0 Å². The minimum atomic E-state index is 0.188. The standard InChI is InChI=1S/C19H33NO/c1-6-8-9-17(7-2)14-21-16(4)19(20-5)18-12-10-15(3)11-13-18/h10-13,16-17,19-20H,6-9,14H2,1-5H3. The molecule has 0 aliphatic carbocycles. The number of nitrogens with one attached hydrogen (secondary N) is 1. The van der Waals surface area contributed by atoms with Gasteiger partial charge in [-0.15, -0.1) is 0 Å². The zero-order chi connectivity index (χ0) is 15.7. The molecular weight excluding hydrogens is 258 g/mol. The molecule has 0 bridgehead atoms. The predicted molar refractivity (Wildman–Crippen MR) is 91.7 cm³/mol. The average Bonchev–Trinajstić information content (AvgIpc) is 2.50. The number of hydrogen-bond acceptors (Lipinski definition) is 2. The van der Waals surface area contributed by atoms with Crippen molar-refractivity contribution in [2.24, 2.45) is 5.92 Å². The third kappa shape index (κ3) is 6.19. The molecule has 0 aromatic heterocycles. The molecule has 2 nitrogen and oxygen atoms in total. The Labute approximate surface area is 131 Å². The van der Waals surface area contributed by atoms with Gasteiger partial charge < -0.3 is 10.1 Å². The van der Waals surface area contributed by atoms with Crippen molar-refractivity contribution >= 4 is 0 Å². The van der Waals surface area contributed by atoms with Crippen molar-refractivity contribution in [2.75, 3.05) is 13.7 Å². The molecule has 120 valence electrons. The van der Waals surface area contributed by atoms with Crippen LogP contribution in [0.15, 0.2) is 24.3 Å². The Balaban J connectivity index is 2.54. The van der Waals surface area contributed by atoms with Crippen molar-refractivity contribution in [2.45, 2.75) is 65.5 Å². The summed E-state index contributed by atoms with van der Waals surface area (Å²) in [6, 6.07) is 9.00. The smallest absolute Gasteiger partial charge is 0.0741 e. The van der Waals surface area contributed by atoms with E-state index in [0.29, 0.717) is 5.92 Å². The number of hydrogen-bond donors (Lipinski definition) is 1. The Morgan fingerprint density at radius 1 is 1.14 bits per heavy atom. The fourth-order valence-electron chi connectivity index (χ4n) is 2.73. The van der Waals surface area contributed by atoms with E-state index < -0.39 is 0 Å². The highest BCUT2D eigenvalue weighted by Crippen LogP contribution is 2.21. The van der Waals surface area contributed by atoms with Gasteiger partial charge in [0.2, 0.25) is 0 Å². The Bertz CT molecular complexity index is 374. The molecule has 3 atom stereocenters. The normalized spacial score (nSPS) is 15.7. The largest absolute Gasteiger partial charge is 0.376 e. The molecule has 2 heteroatoms. The van der Waals surface area contributed by atoms with E-state index in [2.05, 4.69) is 57.3 Å². The van der Waals surface area contributed by atoms with Gasteiger partial charge in [-0.2, -0.15) is 0 Å². The molecule has 0 saturated carbocycles. The Hall–Kier alpha value is -0.860. The van der Waals surface area contributed by atoms with Gasteiger partial charge in [0.25, 0.3) is 0 Å². The molecule has 0 heterocycles. The number of likely N-dealkylation sites (N-methyl/N-ethyl adjacent to an activating group) is 1. The molecule has 0 saturated heterocycles. The molecule has 0 amide bonds. The Morgan fingerprint density at radius 2 is 1.81 bits per heavy atom. The summed E-state index contributed by atoms with van der Waals surface area (Å²) in [5.74, 6) is 0.697. The van der Waals surface area contributed by atoms with Gasteiger partial charge in [0.05, 0.1) is 12.1 Å². The fourth-order valence-corrected chi connectivity index (χ4v) is 2.73. The van der Waals surface area contributed by atoms with E-state index in [0.717, 1.165) is 6.61 Å². The lowest BCUT2D eigenvalue weighted by Gasteiger charge is -2.26. The molecule has 0 fully saturated rings. The lowest BCUT2D eigenvalue weighted by molar-refractivity contribution is 0.0153. The van der Waals surface area contributed by atoms with Gasteiger partial charge in [-0.05, 0) is 38.8 Å². The molecule has 1 N–H and O–H groups in total. The zero-order valence-corrected chi connectivity index (χ0v) is 14.5. The Kier molecular flexibility index (Phi) is 8.63. The molecular formula is C19H33NO. The van der Waals surface area contributed by atoms with E-state index in [1.54, 1.807) is 0 Å². The van der Waals surface area contributed by atoms with Gasteiger partial charge in [0.15, 0.2) is 0 Å². The summed E-state index contributed by atoms with van der Waals surface area (Å²) in [5.41, 5.74) is 2.60. The summed E-state index contributed by atoms with van der Waals surface area (Å²) in [6.45, 7) is 9.70. The summed E-state index contributed by atoms with van der Waals surface area (Å²) in [6.07, 6.45) is 5.27. The van der Waals surface area contributed by atoms with Crippen LogP contribution >= 0.6 is 0 Å². The molecule has 1 rings (SSSR count). The quantitative estimate of drug-likeness (QED) is 0.663. The van der Waals surface area contributed by atoms with Crippen molar-refractivity contribution in [3.8, 4) is 0 Å². The van der Waals surface area contributed by atoms with E-state index in [4.69, 9.17) is 4.74 Å². The zero-order valence-electron chi connectivity index (χ0n) is 14.5. The minimum Gasteiger partial charge on any atom is -0.376 e. The number of aryl methyl sites for hydroxylation is 1. The number of benzene rings is 1. The summed E-state index contributed by atoms with van der Waals surface area (Å²) in [5, 5.41) is 3.40. The molecule has 3 unspecified atom stereocenters. The summed E-state index contributed by atoms with van der Waals surface area (Å²) < 4.78 is 6.17. The molecule has 1 aromatic carbocycles. The first-order chi connectivity index (χ1) is 10.1. The monoisotopic (exact) mass is 291 g/mol. The van der Waals surface area contributed by atoms with Crippen molar-refractivity contribution in [3.05, 3.63) is 35.4 Å². The highest BCUT2D eigenvalue weighted by Gasteiger charge is 2.19. The van der Waals surface area contributed by atoms with E-state index in [1.165, 1.54) is 36.8 Å². The van der Waals surface area contributed by atoms with Crippen molar-refractivity contribution in [1.82, 2.24) is 5.32 Å². The van der Waals surface area contributed by atoms with Crippen LogP contribution < -0.4 is 5.32 Å². The lowest BCUT2D eigenvalue weighted by Crippen LogP contribution is -2.30. The molecule has 0 spiro atoms. The van der Waals surface area contributed by atoms with Crippen LogP contribution in [0.25, 0.3) is 0 Å². The van der Waals surface area contributed by atoms with Crippen LogP contribution in [0.2, 0.25) is 0 Å². The highest BCUT2D eigenvalue weighted by molar-refractivity contribution is 5.24. The summed E-state index contributed by atoms with van der Waals surface area (Å²) >= 11 is 0. The second-order valence-corrected chi connectivity index (χ2v) is 6.13. The highest BCUT2D eigenvalue weighted by atomic mass is 16.5. The molecule has 21 heavy (non-hydrogen) atoms. The second-order valence-electron chi connectivity index (χ2n) is 6.13. The van der Waals surface area contributed by atoms with Gasteiger partial charge in [0.1, 0.15) is 0 Å². The minimum absolute atomic E-state index is 0.188. The van der Waals surface area contributed by atoms with Crippen molar-refractivity contribution < 1.29 is 4.74 Å². The van der Waals surface area contributed by atoms with Gasteiger partial charge in [-0.1, -0.05) is 62.9 Å². The SMILES string of the molecule is CCCCC(CC)COC(C)C(NC)c1ccc(C)cc1. The first kappa shape index (κ1) is 18.2. The Morgan fingerprint density at radius 3 is 2.33 bits per heavy atom. The third-order valence-electron chi connectivity index (χ3n) is 4.35. The lowest BCUT2D eigenvalue weighted by atomic mass is 9.99. The van der Waals surface area contributed by atoms with Crippen molar-refractivity contribution in [3.63, 3.8) is 0 Å². The maximum absolute atomic E-state index is 6.17. The fraction of sp³-hybridized carbons (Fsp3) is 0.684. The maximum Gasteiger partial charge on any atom is 0.0741 e. The van der Waals surface area contributed by atoms with Gasteiger partial charge in [-0.25, -0.2) is 0 Å². The van der Waals surface area contributed by atoms with E-state index in [-0.39, 0.29) is 12.1 Å². The van der Waals surface area contributed by atoms with Crippen LogP contribution in [-0.4, -0.2) is 19.8 Å². The van der Waals surface area contributed by atoms with Crippen LogP contribution in [0, 0.1) is 12.8 Å². The average molecular weight is 291 g/mol. The second kappa shape index (κ2) is 9.97. The first-order valence-electron chi connectivity index (χ1n) is 8.47. The van der Waals surface area contributed by atoms with Crippen LogP contribution in [0.5, 0.6) is 0 Å². The third-order valence-corrected chi connectivity index (χ3v) is 4.35. The number of ether oxygens (including phenoxy) is 1. The van der Waals surface area contributed by atoms with Crippen LogP contribution in [0.4, 0.5) is 0 Å². The van der Waals surface area contributed by atoms with Crippen LogP contribution in [0.1, 0.15) is 63.6 Å². The number of unbranched alkanes of at least 4 members (excludes halogenated alkanes) is 1. The summed E-state index contributed by atoms with van der Waals surface area (Å²) in [4.78, 5) is 0. The van der Waals surface area contributed by atoms with Gasteiger partial charge in [-0.3, -0.25) is 0 Å². The molecule has 0 aliphatic heterocycles. The summed E-state index contributed by atoms with van der Waals surface area (Å²) in [7, 11) is 2.01. The molecule has 0 radical (unpaired) electrons. The maximum atomic E-state index is 6.17.